The molecule has 23 heavy (non-hydrogen) atoms. The minimum absolute atomic E-state index is 0.0397. The van der Waals surface area contributed by atoms with E-state index in [2.05, 4.69) is 10.4 Å². The van der Waals surface area contributed by atoms with Crippen LogP contribution < -0.4 is 10.9 Å². The van der Waals surface area contributed by atoms with Crippen molar-refractivity contribution in [3.8, 4) is 0 Å². The first-order chi connectivity index (χ1) is 10.8. The van der Waals surface area contributed by atoms with Crippen molar-refractivity contribution >= 4 is 15.9 Å². The summed E-state index contributed by atoms with van der Waals surface area (Å²) in [6.45, 7) is 0. The maximum absolute atomic E-state index is 12.3. The van der Waals surface area contributed by atoms with E-state index in [9.17, 15) is 18.0 Å². The molecule has 0 saturated carbocycles. The van der Waals surface area contributed by atoms with E-state index < -0.39 is 10.0 Å². The number of carbonyl (C=O) groups is 1. The average Bonchev–Trinajstić information content (AvgIpc) is 2.74. The van der Waals surface area contributed by atoms with E-state index in [1.807, 2.05) is 0 Å². The van der Waals surface area contributed by atoms with E-state index in [-0.39, 0.29) is 35.3 Å². The lowest BCUT2D eigenvalue weighted by Crippen LogP contribution is -2.52. The van der Waals surface area contributed by atoms with Crippen LogP contribution in [-0.2, 0) is 17.1 Å². The number of nitrogens with zero attached hydrogens (tertiary/aromatic N) is 3. The van der Waals surface area contributed by atoms with Crippen LogP contribution in [0.1, 0.15) is 36.2 Å². The number of amides is 1. The van der Waals surface area contributed by atoms with Gasteiger partial charge in [-0.05, 0) is 31.7 Å². The van der Waals surface area contributed by atoms with Crippen LogP contribution in [0.15, 0.2) is 16.9 Å². The van der Waals surface area contributed by atoms with E-state index in [4.69, 9.17) is 0 Å². The summed E-state index contributed by atoms with van der Waals surface area (Å²) in [5, 5.41) is 6.85. The van der Waals surface area contributed by atoms with Crippen molar-refractivity contribution in [3.05, 3.63) is 28.2 Å². The summed E-state index contributed by atoms with van der Waals surface area (Å²) in [6, 6.07) is 2.55. The molecule has 126 valence electrons. The molecule has 8 nitrogen and oxygen atoms in total. The van der Waals surface area contributed by atoms with Gasteiger partial charge in [0.05, 0.1) is 6.26 Å². The first kappa shape index (κ1) is 16.1. The molecule has 1 unspecified atom stereocenters. The second-order valence-electron chi connectivity index (χ2n) is 6.30. The van der Waals surface area contributed by atoms with Gasteiger partial charge >= 0.3 is 0 Å². The minimum atomic E-state index is -3.21. The van der Waals surface area contributed by atoms with Gasteiger partial charge in [-0.2, -0.15) is 9.40 Å². The van der Waals surface area contributed by atoms with Gasteiger partial charge in [0.1, 0.15) is 5.69 Å². The molecule has 3 atom stereocenters. The molecule has 3 heterocycles. The van der Waals surface area contributed by atoms with Gasteiger partial charge in [0, 0.05) is 31.2 Å². The lowest BCUT2D eigenvalue weighted by molar-refractivity contribution is 0.0902. The molecule has 0 spiro atoms. The highest BCUT2D eigenvalue weighted by Gasteiger charge is 2.45. The normalized spacial score (nSPS) is 27.8. The Kier molecular flexibility index (Phi) is 4.01. The number of nitrogens with one attached hydrogen (secondary N) is 1. The molecule has 1 aromatic heterocycles. The fourth-order valence-electron chi connectivity index (χ4n) is 3.68. The molecule has 2 saturated heterocycles. The zero-order chi connectivity index (χ0) is 16.8. The third-order valence-corrected chi connectivity index (χ3v) is 5.94. The molecular formula is C14H20N4O4S. The molecule has 2 bridgehead atoms. The van der Waals surface area contributed by atoms with E-state index in [0.29, 0.717) is 12.8 Å². The minimum Gasteiger partial charge on any atom is -0.348 e. The summed E-state index contributed by atoms with van der Waals surface area (Å²) in [5.74, 6) is -0.335. The van der Waals surface area contributed by atoms with E-state index in [1.165, 1.54) is 25.4 Å². The summed E-state index contributed by atoms with van der Waals surface area (Å²) in [7, 11) is -1.72. The second kappa shape index (κ2) is 5.72. The van der Waals surface area contributed by atoms with E-state index in [1.54, 1.807) is 4.31 Å². The molecule has 2 aliphatic rings. The molecule has 1 N–H and O–H groups in total. The number of hydrogen-bond donors (Lipinski definition) is 1. The van der Waals surface area contributed by atoms with Crippen LogP contribution in [0.25, 0.3) is 0 Å². The fraction of sp³-hybridized carbons (Fsp3) is 0.643. The maximum Gasteiger partial charge on any atom is 0.271 e. The van der Waals surface area contributed by atoms with Gasteiger partial charge in [-0.15, -0.1) is 0 Å². The zero-order valence-electron chi connectivity index (χ0n) is 13.1. The van der Waals surface area contributed by atoms with Crippen molar-refractivity contribution in [1.82, 2.24) is 19.4 Å². The molecule has 2 aliphatic heterocycles. The van der Waals surface area contributed by atoms with Crippen LogP contribution in [-0.4, -0.2) is 52.8 Å². The van der Waals surface area contributed by atoms with Gasteiger partial charge in [-0.25, -0.2) is 13.1 Å². The summed E-state index contributed by atoms with van der Waals surface area (Å²) in [6.07, 6.45) is 4.14. The zero-order valence-corrected chi connectivity index (χ0v) is 13.9. The highest BCUT2D eigenvalue weighted by atomic mass is 32.2. The monoisotopic (exact) mass is 340 g/mol. The van der Waals surface area contributed by atoms with Crippen LogP contribution in [0, 0.1) is 0 Å². The summed E-state index contributed by atoms with van der Waals surface area (Å²) < 4.78 is 26.4. The Morgan fingerprint density at radius 3 is 2.39 bits per heavy atom. The van der Waals surface area contributed by atoms with Gasteiger partial charge in [-0.3, -0.25) is 9.59 Å². The lowest BCUT2D eigenvalue weighted by Gasteiger charge is -2.37. The highest BCUT2D eigenvalue weighted by molar-refractivity contribution is 7.88. The summed E-state index contributed by atoms with van der Waals surface area (Å²) in [5.41, 5.74) is -0.0916. The Labute approximate surface area is 134 Å². The number of aromatic nitrogens is 2. The van der Waals surface area contributed by atoms with Crippen molar-refractivity contribution < 1.29 is 13.2 Å². The number of rotatable bonds is 3. The van der Waals surface area contributed by atoms with Crippen LogP contribution >= 0.6 is 0 Å². The largest absolute Gasteiger partial charge is 0.348 e. The Bertz CT molecular complexity index is 774. The van der Waals surface area contributed by atoms with Crippen LogP contribution in [0.4, 0.5) is 0 Å². The fourth-order valence-corrected chi connectivity index (χ4v) is 5.14. The van der Waals surface area contributed by atoms with Gasteiger partial charge in [0.25, 0.3) is 11.5 Å². The van der Waals surface area contributed by atoms with Crippen LogP contribution in [0.5, 0.6) is 0 Å². The molecule has 0 aliphatic carbocycles. The van der Waals surface area contributed by atoms with E-state index >= 15 is 0 Å². The molecule has 1 aromatic rings. The molecule has 0 radical (unpaired) electrons. The first-order valence-corrected chi connectivity index (χ1v) is 9.44. The number of hydrogen-bond acceptors (Lipinski definition) is 5. The average molecular weight is 340 g/mol. The molecule has 1 amide bonds. The lowest BCUT2D eigenvalue weighted by atomic mass is 9.99. The maximum atomic E-state index is 12.3. The quantitative estimate of drug-likeness (QED) is 0.797. The topological polar surface area (TPSA) is 101 Å². The van der Waals surface area contributed by atoms with Gasteiger partial charge in [0.15, 0.2) is 0 Å². The standard InChI is InChI=1S/C14H20N4O4S/c1-17-13(19)6-5-12(16-17)14(20)15-9-7-10-3-4-11(8-9)18(10)23(2,21)22/h5-6,9-11H,3-4,7-8H2,1-2H3,(H,15,20)/t9?,10-,11+. The van der Waals surface area contributed by atoms with Crippen molar-refractivity contribution in [2.75, 3.05) is 6.26 Å². The van der Waals surface area contributed by atoms with Gasteiger partial charge in [0.2, 0.25) is 10.0 Å². The second-order valence-corrected chi connectivity index (χ2v) is 8.19. The van der Waals surface area contributed by atoms with Gasteiger partial charge in [-0.1, -0.05) is 0 Å². The summed E-state index contributed by atoms with van der Waals surface area (Å²) >= 11 is 0. The smallest absolute Gasteiger partial charge is 0.271 e. The number of aryl methyl sites for hydroxylation is 1. The predicted octanol–water partition coefficient (Wildman–Crippen LogP) is -0.535. The molecular weight excluding hydrogens is 320 g/mol. The third-order valence-electron chi connectivity index (χ3n) is 4.58. The van der Waals surface area contributed by atoms with Crippen LogP contribution in [0.2, 0.25) is 0 Å². The van der Waals surface area contributed by atoms with Gasteiger partial charge < -0.3 is 5.32 Å². The third kappa shape index (κ3) is 3.16. The van der Waals surface area contributed by atoms with Crippen LogP contribution in [0.3, 0.4) is 0 Å². The number of fused-ring (bicyclic) bond motifs is 2. The number of piperidine rings is 1. The SMILES string of the molecule is Cn1nc(C(=O)NC2C[C@H]3CC[C@@H](C2)N3S(C)(=O)=O)ccc1=O. The summed E-state index contributed by atoms with van der Waals surface area (Å²) in [4.78, 5) is 23.6. The Balaban J connectivity index is 1.70. The Morgan fingerprint density at radius 2 is 1.87 bits per heavy atom. The highest BCUT2D eigenvalue weighted by Crippen LogP contribution is 2.37. The Hall–Kier alpha value is -1.74. The Morgan fingerprint density at radius 1 is 1.26 bits per heavy atom. The van der Waals surface area contributed by atoms with Crippen molar-refractivity contribution in [3.63, 3.8) is 0 Å². The molecule has 3 rings (SSSR count). The number of carbonyl (C=O) groups excluding carboxylic acids is 1. The van der Waals surface area contributed by atoms with E-state index in [0.717, 1.165) is 17.5 Å². The van der Waals surface area contributed by atoms with Crippen molar-refractivity contribution in [1.29, 1.82) is 0 Å². The molecule has 2 fully saturated rings. The molecule has 0 aromatic carbocycles. The molecule has 9 heteroatoms. The van der Waals surface area contributed by atoms with Crippen molar-refractivity contribution in [2.45, 2.75) is 43.8 Å². The van der Waals surface area contributed by atoms with Crippen molar-refractivity contribution in [2.24, 2.45) is 7.05 Å². The predicted molar refractivity (Wildman–Crippen MR) is 83.5 cm³/mol. The first-order valence-electron chi connectivity index (χ1n) is 7.59. The number of sulfonamides is 1.